The first-order valence-corrected chi connectivity index (χ1v) is 7.81. The highest BCUT2D eigenvalue weighted by Crippen LogP contribution is 2.24. The zero-order valence-corrected chi connectivity index (χ0v) is 12.9. The van der Waals surface area contributed by atoms with Crippen LogP contribution in [-0.4, -0.2) is 39.2 Å². The highest BCUT2D eigenvalue weighted by atomic mass is 16.4. The number of nitrogens with zero attached hydrogens (tertiary/aromatic N) is 2. The van der Waals surface area contributed by atoms with Gasteiger partial charge in [-0.05, 0) is 39.0 Å². The third-order valence-corrected chi connectivity index (χ3v) is 4.20. The summed E-state index contributed by atoms with van der Waals surface area (Å²) in [6.07, 6.45) is 7.28. The van der Waals surface area contributed by atoms with Gasteiger partial charge >= 0.3 is 12.0 Å². The Balaban J connectivity index is 1.58. The standard InChI is InChI=1S/C15H24N4O3/c1-11-16-8-10-19(11)9-2-7-17-15(22)18-13-5-3-12(4-6-13)14(20)21/h8,10,12-13H,2-7,9H2,1H3,(H,20,21)(H2,17,18,22). The predicted octanol–water partition coefficient (Wildman–Crippen LogP) is 1.52. The Morgan fingerprint density at radius 3 is 2.68 bits per heavy atom. The van der Waals surface area contributed by atoms with E-state index in [0.29, 0.717) is 19.4 Å². The number of nitrogens with one attached hydrogen (secondary N) is 2. The van der Waals surface area contributed by atoms with E-state index in [2.05, 4.69) is 15.6 Å². The van der Waals surface area contributed by atoms with Crippen LogP contribution >= 0.6 is 0 Å². The summed E-state index contributed by atoms with van der Waals surface area (Å²) in [5.74, 6) is -0.00290. The van der Waals surface area contributed by atoms with Crippen molar-refractivity contribution in [3.8, 4) is 0 Å². The van der Waals surface area contributed by atoms with Crippen molar-refractivity contribution >= 4 is 12.0 Å². The molecule has 3 N–H and O–H groups in total. The molecule has 1 aromatic heterocycles. The predicted molar refractivity (Wildman–Crippen MR) is 81.5 cm³/mol. The number of urea groups is 1. The number of rotatable bonds is 6. The minimum Gasteiger partial charge on any atom is -0.481 e. The van der Waals surface area contributed by atoms with E-state index in [9.17, 15) is 9.59 Å². The van der Waals surface area contributed by atoms with Crippen LogP contribution in [0.3, 0.4) is 0 Å². The van der Waals surface area contributed by atoms with Crippen molar-refractivity contribution in [2.45, 2.75) is 51.6 Å². The van der Waals surface area contributed by atoms with Crippen LogP contribution in [0.5, 0.6) is 0 Å². The second-order valence-corrected chi connectivity index (χ2v) is 5.81. The molecule has 22 heavy (non-hydrogen) atoms. The van der Waals surface area contributed by atoms with E-state index in [1.165, 1.54) is 0 Å². The van der Waals surface area contributed by atoms with Crippen LogP contribution in [0.4, 0.5) is 4.79 Å². The van der Waals surface area contributed by atoms with Gasteiger partial charge in [0, 0.05) is 31.5 Å². The molecule has 0 atom stereocenters. The Bertz CT molecular complexity index is 507. The highest BCUT2D eigenvalue weighted by Gasteiger charge is 2.26. The van der Waals surface area contributed by atoms with E-state index in [1.807, 2.05) is 17.7 Å². The van der Waals surface area contributed by atoms with E-state index in [-0.39, 0.29) is 18.0 Å². The largest absolute Gasteiger partial charge is 0.481 e. The monoisotopic (exact) mass is 308 g/mol. The molecule has 1 aliphatic rings. The Morgan fingerprint density at radius 1 is 1.36 bits per heavy atom. The molecule has 1 saturated carbocycles. The van der Waals surface area contributed by atoms with Crippen LogP contribution < -0.4 is 10.6 Å². The fraction of sp³-hybridized carbons (Fsp3) is 0.667. The summed E-state index contributed by atoms with van der Waals surface area (Å²) < 4.78 is 2.05. The molecular weight excluding hydrogens is 284 g/mol. The SMILES string of the molecule is Cc1nccn1CCCNC(=O)NC1CCC(C(=O)O)CC1. The van der Waals surface area contributed by atoms with Crippen LogP contribution in [0.1, 0.15) is 37.9 Å². The molecule has 2 amide bonds. The molecule has 7 heteroatoms. The van der Waals surface area contributed by atoms with Gasteiger partial charge in [-0.3, -0.25) is 4.79 Å². The summed E-state index contributed by atoms with van der Waals surface area (Å²) in [6, 6.07) is -0.0763. The summed E-state index contributed by atoms with van der Waals surface area (Å²) in [7, 11) is 0. The van der Waals surface area contributed by atoms with Gasteiger partial charge in [0.2, 0.25) is 0 Å². The molecule has 0 aromatic carbocycles. The van der Waals surface area contributed by atoms with Crippen molar-refractivity contribution in [2.24, 2.45) is 5.92 Å². The topological polar surface area (TPSA) is 96.3 Å². The number of carboxylic acids is 1. The number of aryl methyl sites for hydroxylation is 2. The van der Waals surface area contributed by atoms with Gasteiger partial charge in [0.25, 0.3) is 0 Å². The lowest BCUT2D eigenvalue weighted by Crippen LogP contribution is -2.44. The van der Waals surface area contributed by atoms with Crippen LogP contribution in [0.15, 0.2) is 12.4 Å². The van der Waals surface area contributed by atoms with Gasteiger partial charge in [-0.2, -0.15) is 0 Å². The van der Waals surface area contributed by atoms with E-state index in [0.717, 1.165) is 31.6 Å². The lowest BCUT2D eigenvalue weighted by molar-refractivity contribution is -0.142. The number of aromatic nitrogens is 2. The quantitative estimate of drug-likeness (QED) is 0.694. The van der Waals surface area contributed by atoms with Gasteiger partial charge in [0.15, 0.2) is 0 Å². The van der Waals surface area contributed by atoms with Crippen LogP contribution in [0.2, 0.25) is 0 Å². The molecule has 1 aromatic rings. The molecule has 122 valence electrons. The minimum atomic E-state index is -0.724. The first kappa shape index (κ1) is 16.3. The molecule has 1 fully saturated rings. The molecule has 0 radical (unpaired) electrons. The maximum atomic E-state index is 11.8. The molecule has 0 bridgehead atoms. The fourth-order valence-corrected chi connectivity index (χ4v) is 2.81. The average molecular weight is 308 g/mol. The summed E-state index contributed by atoms with van der Waals surface area (Å²) in [4.78, 5) is 26.8. The van der Waals surface area contributed by atoms with Crippen LogP contribution in [0, 0.1) is 12.8 Å². The molecule has 0 saturated heterocycles. The highest BCUT2D eigenvalue weighted by molar-refractivity contribution is 5.74. The van der Waals surface area contributed by atoms with Crippen molar-refractivity contribution in [1.29, 1.82) is 0 Å². The van der Waals surface area contributed by atoms with Crippen molar-refractivity contribution in [1.82, 2.24) is 20.2 Å². The molecule has 1 aliphatic carbocycles. The second-order valence-electron chi connectivity index (χ2n) is 5.81. The second kappa shape index (κ2) is 7.82. The number of imidazole rings is 1. The maximum absolute atomic E-state index is 11.8. The molecule has 0 unspecified atom stereocenters. The van der Waals surface area contributed by atoms with Gasteiger partial charge in [-0.15, -0.1) is 0 Å². The third-order valence-electron chi connectivity index (χ3n) is 4.20. The van der Waals surface area contributed by atoms with E-state index in [4.69, 9.17) is 5.11 Å². The lowest BCUT2D eigenvalue weighted by atomic mass is 9.86. The molecule has 7 nitrogen and oxygen atoms in total. The molecule has 0 aliphatic heterocycles. The summed E-state index contributed by atoms with van der Waals surface area (Å²) >= 11 is 0. The summed E-state index contributed by atoms with van der Waals surface area (Å²) in [5, 5.41) is 14.7. The molecule has 0 spiro atoms. The van der Waals surface area contributed by atoms with E-state index < -0.39 is 5.97 Å². The lowest BCUT2D eigenvalue weighted by Gasteiger charge is -2.26. The van der Waals surface area contributed by atoms with Crippen molar-refractivity contribution < 1.29 is 14.7 Å². The zero-order chi connectivity index (χ0) is 15.9. The Morgan fingerprint density at radius 2 is 2.09 bits per heavy atom. The molecular formula is C15H24N4O3. The van der Waals surface area contributed by atoms with Crippen molar-refractivity contribution in [3.05, 3.63) is 18.2 Å². The molecule has 1 heterocycles. The first-order chi connectivity index (χ1) is 10.6. The Hall–Kier alpha value is -2.05. The number of carbonyl (C=O) groups excluding carboxylic acids is 1. The third kappa shape index (κ3) is 4.75. The number of aliphatic carboxylic acids is 1. The zero-order valence-electron chi connectivity index (χ0n) is 12.9. The number of hydrogen-bond donors (Lipinski definition) is 3. The summed E-state index contributed by atoms with van der Waals surface area (Å²) in [5.41, 5.74) is 0. The summed E-state index contributed by atoms with van der Waals surface area (Å²) in [6.45, 7) is 3.39. The fourth-order valence-electron chi connectivity index (χ4n) is 2.81. The average Bonchev–Trinajstić information content (AvgIpc) is 2.89. The van der Waals surface area contributed by atoms with Gasteiger partial charge in [0.05, 0.1) is 5.92 Å². The van der Waals surface area contributed by atoms with E-state index >= 15 is 0 Å². The van der Waals surface area contributed by atoms with Crippen molar-refractivity contribution in [3.63, 3.8) is 0 Å². The van der Waals surface area contributed by atoms with Gasteiger partial charge in [0.1, 0.15) is 5.82 Å². The minimum absolute atomic E-state index is 0.0893. The van der Waals surface area contributed by atoms with Crippen LogP contribution in [0.25, 0.3) is 0 Å². The van der Waals surface area contributed by atoms with E-state index in [1.54, 1.807) is 6.20 Å². The first-order valence-electron chi connectivity index (χ1n) is 7.81. The Kier molecular flexibility index (Phi) is 5.80. The van der Waals surface area contributed by atoms with Gasteiger partial charge < -0.3 is 20.3 Å². The van der Waals surface area contributed by atoms with Crippen LogP contribution in [-0.2, 0) is 11.3 Å². The van der Waals surface area contributed by atoms with Crippen molar-refractivity contribution in [2.75, 3.05) is 6.54 Å². The Labute approximate surface area is 130 Å². The van der Waals surface area contributed by atoms with Gasteiger partial charge in [-0.1, -0.05) is 0 Å². The van der Waals surface area contributed by atoms with Gasteiger partial charge in [-0.25, -0.2) is 9.78 Å². The number of carbonyl (C=O) groups is 2. The molecule has 2 rings (SSSR count). The smallest absolute Gasteiger partial charge is 0.315 e. The maximum Gasteiger partial charge on any atom is 0.315 e. The number of carboxylic acid groups (broad SMARTS) is 1. The normalized spacial score (nSPS) is 21.3. The number of hydrogen-bond acceptors (Lipinski definition) is 3. The number of amides is 2.